The van der Waals surface area contributed by atoms with Gasteiger partial charge < -0.3 is 10.6 Å². The number of hydrogen-bond acceptors (Lipinski definition) is 3. The predicted octanol–water partition coefficient (Wildman–Crippen LogP) is 2.94. The molecular weight excluding hydrogens is 250 g/mol. The minimum Gasteiger partial charge on any atom is -0.383 e. The van der Waals surface area contributed by atoms with Gasteiger partial charge in [0.2, 0.25) is 0 Å². The van der Waals surface area contributed by atoms with E-state index in [1.165, 1.54) is 0 Å². The highest BCUT2D eigenvalue weighted by Gasteiger charge is 2.17. The Bertz CT molecular complexity index is 622. The lowest BCUT2D eigenvalue weighted by Gasteiger charge is -2.22. The number of nitrogen functional groups attached to an aromatic ring is 1. The highest BCUT2D eigenvalue weighted by atomic mass is 16.2. The van der Waals surface area contributed by atoms with Crippen LogP contribution in [0.2, 0.25) is 0 Å². The zero-order valence-corrected chi connectivity index (χ0v) is 12.3. The third-order valence-corrected chi connectivity index (χ3v) is 3.24. The molecule has 0 radical (unpaired) electrons. The Balaban J connectivity index is 2.39. The molecule has 0 unspecified atom stereocenters. The van der Waals surface area contributed by atoms with E-state index < -0.39 is 0 Å². The average Bonchev–Trinajstić information content (AvgIpc) is 2.43. The number of rotatable bonds is 4. The van der Waals surface area contributed by atoms with Crippen LogP contribution in [0.25, 0.3) is 10.8 Å². The third-order valence-electron chi connectivity index (χ3n) is 3.24. The van der Waals surface area contributed by atoms with Gasteiger partial charge in [0.25, 0.3) is 5.91 Å². The van der Waals surface area contributed by atoms with E-state index in [0.29, 0.717) is 24.0 Å². The summed E-state index contributed by atoms with van der Waals surface area (Å²) in [6, 6.07) is 9.53. The van der Waals surface area contributed by atoms with Crippen LogP contribution in [0.15, 0.2) is 30.3 Å². The molecule has 0 fully saturated rings. The summed E-state index contributed by atoms with van der Waals surface area (Å²) in [5.74, 6) is 0.780. The highest BCUT2D eigenvalue weighted by Crippen LogP contribution is 2.20. The second-order valence-electron chi connectivity index (χ2n) is 5.35. The molecule has 2 aromatic rings. The van der Waals surface area contributed by atoms with E-state index in [0.717, 1.165) is 17.3 Å². The van der Waals surface area contributed by atoms with E-state index in [9.17, 15) is 4.79 Å². The van der Waals surface area contributed by atoms with Gasteiger partial charge in [0.15, 0.2) is 0 Å². The van der Waals surface area contributed by atoms with Crippen molar-refractivity contribution in [2.45, 2.75) is 20.8 Å². The highest BCUT2D eigenvalue weighted by molar-refractivity contribution is 5.99. The normalized spacial score (nSPS) is 11.0. The van der Waals surface area contributed by atoms with Crippen molar-refractivity contribution in [3.63, 3.8) is 0 Å². The molecule has 0 spiro atoms. The summed E-state index contributed by atoms with van der Waals surface area (Å²) < 4.78 is 0. The van der Waals surface area contributed by atoms with Crippen molar-refractivity contribution in [2.24, 2.45) is 5.92 Å². The largest absolute Gasteiger partial charge is 0.383 e. The van der Waals surface area contributed by atoms with Gasteiger partial charge in [0.05, 0.1) is 0 Å². The fourth-order valence-corrected chi connectivity index (χ4v) is 2.29. The van der Waals surface area contributed by atoms with Crippen LogP contribution in [0.5, 0.6) is 0 Å². The number of carbonyl (C=O) groups excluding carboxylic acids is 1. The fraction of sp³-hybridized carbons (Fsp3) is 0.375. The molecule has 1 amide bonds. The SMILES string of the molecule is CCN(CC(C)C)C(=O)c1cc2ccccc2c(N)n1. The van der Waals surface area contributed by atoms with E-state index in [2.05, 4.69) is 18.8 Å². The van der Waals surface area contributed by atoms with Crippen molar-refractivity contribution in [3.8, 4) is 0 Å². The molecule has 4 nitrogen and oxygen atoms in total. The molecule has 106 valence electrons. The van der Waals surface area contributed by atoms with Crippen molar-refractivity contribution in [1.29, 1.82) is 0 Å². The van der Waals surface area contributed by atoms with Crippen molar-refractivity contribution in [3.05, 3.63) is 36.0 Å². The van der Waals surface area contributed by atoms with Crippen LogP contribution >= 0.6 is 0 Å². The first-order valence-electron chi connectivity index (χ1n) is 6.97. The van der Waals surface area contributed by atoms with Crippen LogP contribution in [0.4, 0.5) is 5.82 Å². The minimum atomic E-state index is -0.0568. The van der Waals surface area contributed by atoms with Crippen LogP contribution in [-0.2, 0) is 0 Å². The summed E-state index contributed by atoms with van der Waals surface area (Å²) in [5, 5.41) is 1.83. The van der Waals surface area contributed by atoms with Gasteiger partial charge in [-0.2, -0.15) is 0 Å². The predicted molar refractivity (Wildman–Crippen MR) is 82.6 cm³/mol. The van der Waals surface area contributed by atoms with E-state index in [1.807, 2.05) is 37.3 Å². The molecule has 1 aromatic carbocycles. The molecular formula is C16H21N3O. The number of amides is 1. The van der Waals surface area contributed by atoms with Gasteiger partial charge in [-0.25, -0.2) is 4.98 Å². The first kappa shape index (κ1) is 14.3. The number of aromatic nitrogens is 1. The Labute approximate surface area is 119 Å². The smallest absolute Gasteiger partial charge is 0.272 e. The van der Waals surface area contributed by atoms with Gasteiger partial charge >= 0.3 is 0 Å². The first-order valence-corrected chi connectivity index (χ1v) is 6.97. The molecule has 2 N–H and O–H groups in total. The Hall–Kier alpha value is -2.10. The topological polar surface area (TPSA) is 59.2 Å². The maximum absolute atomic E-state index is 12.5. The van der Waals surface area contributed by atoms with Gasteiger partial charge in [-0.15, -0.1) is 0 Å². The summed E-state index contributed by atoms with van der Waals surface area (Å²) in [6.45, 7) is 7.57. The Morgan fingerprint density at radius 2 is 2.05 bits per heavy atom. The number of fused-ring (bicyclic) bond motifs is 1. The fourth-order valence-electron chi connectivity index (χ4n) is 2.29. The van der Waals surface area contributed by atoms with E-state index in [4.69, 9.17) is 5.73 Å². The second kappa shape index (κ2) is 5.90. The monoisotopic (exact) mass is 271 g/mol. The molecule has 1 aromatic heterocycles. The van der Waals surface area contributed by atoms with Crippen molar-refractivity contribution < 1.29 is 4.79 Å². The van der Waals surface area contributed by atoms with Crippen molar-refractivity contribution in [1.82, 2.24) is 9.88 Å². The molecule has 0 aliphatic carbocycles. The molecule has 0 bridgehead atoms. The van der Waals surface area contributed by atoms with E-state index in [-0.39, 0.29) is 5.91 Å². The number of carbonyl (C=O) groups is 1. The Kier molecular flexibility index (Phi) is 4.23. The van der Waals surface area contributed by atoms with Gasteiger partial charge in [-0.05, 0) is 24.3 Å². The summed E-state index contributed by atoms with van der Waals surface area (Å²) in [7, 11) is 0. The zero-order valence-electron chi connectivity index (χ0n) is 12.3. The van der Waals surface area contributed by atoms with Gasteiger partial charge in [-0.3, -0.25) is 4.79 Å². The lowest BCUT2D eigenvalue weighted by Crippen LogP contribution is -2.34. The van der Waals surface area contributed by atoms with Gasteiger partial charge in [0.1, 0.15) is 11.5 Å². The lowest BCUT2D eigenvalue weighted by atomic mass is 10.1. The minimum absolute atomic E-state index is 0.0568. The molecule has 20 heavy (non-hydrogen) atoms. The number of pyridine rings is 1. The molecule has 4 heteroatoms. The standard InChI is InChI=1S/C16H21N3O/c1-4-19(10-11(2)3)16(20)14-9-12-7-5-6-8-13(12)15(17)18-14/h5-9,11H,4,10H2,1-3H3,(H2,17,18). The molecule has 0 aliphatic rings. The summed E-state index contributed by atoms with van der Waals surface area (Å²) in [5.41, 5.74) is 6.38. The van der Waals surface area contributed by atoms with Crippen LogP contribution in [-0.4, -0.2) is 28.9 Å². The van der Waals surface area contributed by atoms with Crippen LogP contribution in [0.3, 0.4) is 0 Å². The quantitative estimate of drug-likeness (QED) is 0.930. The third kappa shape index (κ3) is 2.90. The Morgan fingerprint density at radius 1 is 1.35 bits per heavy atom. The summed E-state index contributed by atoms with van der Waals surface area (Å²) in [4.78, 5) is 18.6. The van der Waals surface area contributed by atoms with E-state index in [1.54, 1.807) is 4.90 Å². The molecule has 2 rings (SSSR count). The number of anilines is 1. The molecule has 0 saturated carbocycles. The summed E-state index contributed by atoms with van der Waals surface area (Å²) in [6.07, 6.45) is 0. The maximum atomic E-state index is 12.5. The maximum Gasteiger partial charge on any atom is 0.272 e. The van der Waals surface area contributed by atoms with Crippen molar-refractivity contribution >= 4 is 22.5 Å². The first-order chi connectivity index (χ1) is 9.52. The number of hydrogen-bond donors (Lipinski definition) is 1. The van der Waals surface area contributed by atoms with Gasteiger partial charge in [0, 0.05) is 18.5 Å². The van der Waals surface area contributed by atoms with Gasteiger partial charge in [-0.1, -0.05) is 38.1 Å². The number of nitrogens with zero attached hydrogens (tertiary/aromatic N) is 2. The zero-order chi connectivity index (χ0) is 14.7. The molecule has 0 saturated heterocycles. The summed E-state index contributed by atoms with van der Waals surface area (Å²) >= 11 is 0. The van der Waals surface area contributed by atoms with Crippen LogP contribution in [0.1, 0.15) is 31.3 Å². The lowest BCUT2D eigenvalue weighted by molar-refractivity contribution is 0.0740. The number of benzene rings is 1. The van der Waals surface area contributed by atoms with Crippen LogP contribution < -0.4 is 5.73 Å². The molecule has 0 atom stereocenters. The van der Waals surface area contributed by atoms with E-state index >= 15 is 0 Å². The molecule has 1 heterocycles. The molecule has 0 aliphatic heterocycles. The average molecular weight is 271 g/mol. The Morgan fingerprint density at radius 3 is 2.70 bits per heavy atom. The van der Waals surface area contributed by atoms with Crippen molar-refractivity contribution in [2.75, 3.05) is 18.8 Å². The van der Waals surface area contributed by atoms with Crippen LogP contribution in [0, 0.1) is 5.92 Å². The number of nitrogens with two attached hydrogens (primary N) is 1. The second-order valence-corrected chi connectivity index (χ2v) is 5.35.